The summed E-state index contributed by atoms with van der Waals surface area (Å²) in [6.07, 6.45) is -0.206. The van der Waals surface area contributed by atoms with Crippen LogP contribution in [0.25, 0.3) is 0 Å². The molecular formula is C21H18FNO4S. The lowest BCUT2D eigenvalue weighted by atomic mass is 10.3. The SMILES string of the molecule is O=C(CCS(=O)(=O)c1ccc(F)cc1)Nc1ccc(Oc2ccccc2)cc1. The van der Waals surface area contributed by atoms with Gasteiger partial charge in [-0.1, -0.05) is 18.2 Å². The first-order valence-electron chi connectivity index (χ1n) is 8.53. The van der Waals surface area contributed by atoms with Crippen molar-refractivity contribution in [2.24, 2.45) is 0 Å². The zero-order valence-corrected chi connectivity index (χ0v) is 15.7. The van der Waals surface area contributed by atoms with E-state index in [-0.39, 0.29) is 17.1 Å². The van der Waals surface area contributed by atoms with Crippen molar-refractivity contribution in [2.75, 3.05) is 11.1 Å². The van der Waals surface area contributed by atoms with Crippen LogP contribution < -0.4 is 10.1 Å². The van der Waals surface area contributed by atoms with E-state index in [2.05, 4.69) is 5.32 Å². The van der Waals surface area contributed by atoms with E-state index in [1.165, 1.54) is 12.1 Å². The molecule has 0 aliphatic heterocycles. The zero-order chi connectivity index (χ0) is 20.0. The molecule has 144 valence electrons. The Balaban J connectivity index is 1.54. The third-order valence-electron chi connectivity index (χ3n) is 3.89. The number of amides is 1. The highest BCUT2D eigenvalue weighted by Crippen LogP contribution is 2.22. The quantitative estimate of drug-likeness (QED) is 0.597. The Morgan fingerprint density at radius 1 is 0.857 bits per heavy atom. The van der Waals surface area contributed by atoms with E-state index in [1.807, 2.05) is 30.3 Å². The molecule has 0 aliphatic carbocycles. The highest BCUT2D eigenvalue weighted by Gasteiger charge is 2.16. The Morgan fingerprint density at radius 3 is 2.11 bits per heavy atom. The van der Waals surface area contributed by atoms with Gasteiger partial charge in [-0.05, 0) is 60.7 Å². The smallest absolute Gasteiger partial charge is 0.225 e. The van der Waals surface area contributed by atoms with Gasteiger partial charge in [0.05, 0.1) is 10.6 Å². The van der Waals surface area contributed by atoms with Gasteiger partial charge in [0.2, 0.25) is 5.91 Å². The molecule has 0 heterocycles. The standard InChI is InChI=1S/C21H18FNO4S/c22-16-6-12-20(13-7-16)28(25,26)15-14-21(24)23-17-8-10-19(11-9-17)27-18-4-2-1-3-5-18/h1-13H,14-15H2,(H,23,24). The van der Waals surface area contributed by atoms with Gasteiger partial charge in [0.15, 0.2) is 9.84 Å². The van der Waals surface area contributed by atoms with Gasteiger partial charge >= 0.3 is 0 Å². The number of sulfone groups is 1. The average molecular weight is 399 g/mol. The molecule has 0 bridgehead atoms. The summed E-state index contributed by atoms with van der Waals surface area (Å²) in [6, 6.07) is 20.6. The second kappa shape index (κ2) is 8.67. The summed E-state index contributed by atoms with van der Waals surface area (Å²) in [6.45, 7) is 0. The number of hydrogen-bond donors (Lipinski definition) is 1. The number of para-hydroxylation sites is 1. The van der Waals surface area contributed by atoms with E-state index in [9.17, 15) is 17.6 Å². The Hall–Kier alpha value is -3.19. The van der Waals surface area contributed by atoms with Gasteiger partial charge in [-0.15, -0.1) is 0 Å². The third-order valence-corrected chi connectivity index (χ3v) is 5.62. The van der Waals surface area contributed by atoms with E-state index in [0.717, 1.165) is 12.1 Å². The lowest BCUT2D eigenvalue weighted by Crippen LogP contribution is -2.17. The first kappa shape index (κ1) is 19.6. The summed E-state index contributed by atoms with van der Waals surface area (Å²) in [7, 11) is -3.65. The van der Waals surface area contributed by atoms with Crippen LogP contribution >= 0.6 is 0 Å². The zero-order valence-electron chi connectivity index (χ0n) is 14.8. The highest BCUT2D eigenvalue weighted by atomic mass is 32.2. The fraction of sp³-hybridized carbons (Fsp3) is 0.0952. The van der Waals surface area contributed by atoms with Crippen molar-refractivity contribution in [3.63, 3.8) is 0 Å². The molecule has 5 nitrogen and oxygen atoms in total. The predicted molar refractivity (Wildman–Crippen MR) is 105 cm³/mol. The van der Waals surface area contributed by atoms with Crippen molar-refractivity contribution in [3.8, 4) is 11.5 Å². The highest BCUT2D eigenvalue weighted by molar-refractivity contribution is 7.91. The van der Waals surface area contributed by atoms with Crippen molar-refractivity contribution in [3.05, 3.63) is 84.7 Å². The van der Waals surface area contributed by atoms with Gasteiger partial charge in [-0.3, -0.25) is 4.79 Å². The van der Waals surface area contributed by atoms with Crippen LogP contribution in [-0.2, 0) is 14.6 Å². The number of carbonyl (C=O) groups excluding carboxylic acids is 1. The molecule has 1 N–H and O–H groups in total. The number of anilines is 1. The molecule has 1 amide bonds. The first-order chi connectivity index (χ1) is 13.4. The first-order valence-corrected chi connectivity index (χ1v) is 10.2. The molecule has 0 radical (unpaired) electrons. The van der Waals surface area contributed by atoms with Crippen LogP contribution in [0, 0.1) is 5.82 Å². The Kier molecular flexibility index (Phi) is 6.06. The lowest BCUT2D eigenvalue weighted by molar-refractivity contribution is -0.115. The Bertz CT molecular complexity index is 1030. The van der Waals surface area contributed by atoms with Gasteiger partial charge in [0.1, 0.15) is 17.3 Å². The topological polar surface area (TPSA) is 72.5 Å². The van der Waals surface area contributed by atoms with Gasteiger partial charge in [0.25, 0.3) is 0 Å². The van der Waals surface area contributed by atoms with Crippen LogP contribution in [0.2, 0.25) is 0 Å². The van der Waals surface area contributed by atoms with Crippen LogP contribution in [0.5, 0.6) is 11.5 Å². The maximum atomic E-state index is 12.9. The molecular weight excluding hydrogens is 381 g/mol. The number of hydrogen-bond acceptors (Lipinski definition) is 4. The maximum Gasteiger partial charge on any atom is 0.225 e. The number of halogens is 1. The minimum atomic E-state index is -3.65. The largest absolute Gasteiger partial charge is 0.457 e. The number of nitrogens with one attached hydrogen (secondary N) is 1. The summed E-state index contributed by atoms with van der Waals surface area (Å²) in [4.78, 5) is 12.0. The van der Waals surface area contributed by atoms with Crippen LogP contribution in [0.1, 0.15) is 6.42 Å². The molecule has 3 aromatic rings. The van der Waals surface area contributed by atoms with E-state index in [0.29, 0.717) is 17.2 Å². The summed E-state index contributed by atoms with van der Waals surface area (Å²) in [5.74, 6) is 0.00631. The van der Waals surface area contributed by atoms with Crippen LogP contribution in [-0.4, -0.2) is 20.1 Å². The third kappa shape index (κ3) is 5.40. The normalized spacial score (nSPS) is 11.0. The van der Waals surface area contributed by atoms with Gasteiger partial charge in [0, 0.05) is 12.1 Å². The van der Waals surface area contributed by atoms with E-state index in [1.54, 1.807) is 24.3 Å². The fourth-order valence-corrected chi connectivity index (χ4v) is 3.68. The number of ether oxygens (including phenoxy) is 1. The van der Waals surface area contributed by atoms with Gasteiger partial charge < -0.3 is 10.1 Å². The van der Waals surface area contributed by atoms with E-state index in [4.69, 9.17) is 4.74 Å². The molecule has 28 heavy (non-hydrogen) atoms. The molecule has 3 aromatic carbocycles. The summed E-state index contributed by atoms with van der Waals surface area (Å²) in [5, 5.41) is 2.65. The van der Waals surface area contributed by atoms with E-state index < -0.39 is 21.6 Å². The summed E-state index contributed by atoms with van der Waals surface area (Å²) < 4.78 is 43.0. The van der Waals surface area contributed by atoms with Crippen molar-refractivity contribution in [1.29, 1.82) is 0 Å². The monoisotopic (exact) mass is 399 g/mol. The van der Waals surface area contributed by atoms with Gasteiger partial charge in [-0.2, -0.15) is 0 Å². The Labute approximate surface area is 162 Å². The molecule has 0 fully saturated rings. The predicted octanol–water partition coefficient (Wildman–Crippen LogP) is 4.42. The van der Waals surface area contributed by atoms with Gasteiger partial charge in [-0.25, -0.2) is 12.8 Å². The second-order valence-electron chi connectivity index (χ2n) is 6.01. The number of carbonyl (C=O) groups is 1. The van der Waals surface area contributed by atoms with Crippen LogP contribution in [0.4, 0.5) is 10.1 Å². The minimum Gasteiger partial charge on any atom is -0.457 e. The molecule has 0 aliphatic rings. The van der Waals surface area contributed by atoms with Crippen LogP contribution in [0.3, 0.4) is 0 Å². The molecule has 7 heteroatoms. The number of rotatable bonds is 7. The minimum absolute atomic E-state index is 0.0101. The molecule has 0 atom stereocenters. The molecule has 0 unspecified atom stereocenters. The molecule has 0 spiro atoms. The van der Waals surface area contributed by atoms with Crippen molar-refractivity contribution < 1.29 is 22.3 Å². The summed E-state index contributed by atoms with van der Waals surface area (Å²) in [5.41, 5.74) is 0.532. The summed E-state index contributed by atoms with van der Waals surface area (Å²) >= 11 is 0. The molecule has 0 aromatic heterocycles. The molecule has 0 saturated heterocycles. The maximum absolute atomic E-state index is 12.9. The lowest BCUT2D eigenvalue weighted by Gasteiger charge is -2.08. The van der Waals surface area contributed by atoms with Crippen molar-refractivity contribution in [2.45, 2.75) is 11.3 Å². The van der Waals surface area contributed by atoms with Crippen LogP contribution in [0.15, 0.2) is 83.8 Å². The Morgan fingerprint density at radius 2 is 1.46 bits per heavy atom. The number of benzene rings is 3. The average Bonchev–Trinajstić information content (AvgIpc) is 2.69. The van der Waals surface area contributed by atoms with Crippen molar-refractivity contribution in [1.82, 2.24) is 0 Å². The van der Waals surface area contributed by atoms with E-state index >= 15 is 0 Å². The molecule has 3 rings (SSSR count). The molecule has 0 saturated carbocycles. The van der Waals surface area contributed by atoms with Crippen molar-refractivity contribution >= 4 is 21.4 Å². The fourth-order valence-electron chi connectivity index (χ4n) is 2.44. The second-order valence-corrected chi connectivity index (χ2v) is 8.12.